The van der Waals surface area contributed by atoms with Crippen molar-refractivity contribution < 1.29 is 9.13 Å². The van der Waals surface area contributed by atoms with Gasteiger partial charge in [0.2, 0.25) is 6.36 Å². The Kier molecular flexibility index (Phi) is 1.41. The van der Waals surface area contributed by atoms with E-state index in [2.05, 4.69) is 4.74 Å². The van der Waals surface area contributed by atoms with Crippen molar-refractivity contribution in [2.75, 3.05) is 0 Å². The molecular weight excluding hydrogens is 142 g/mol. The first-order valence-electron chi connectivity index (χ1n) is 1.79. The first-order chi connectivity index (χ1) is 3.22. The summed E-state index contributed by atoms with van der Waals surface area (Å²) in [4.78, 5) is -0.713. The second-order valence-electron chi connectivity index (χ2n) is 1.29. The maximum absolute atomic E-state index is 11.6. The zero-order chi connectivity index (χ0) is 5.44. The fourth-order valence-corrected chi connectivity index (χ4v) is 0.626. The molecule has 1 aliphatic rings. The molecule has 4 heteroatoms. The first kappa shape index (κ1) is 5.60. The van der Waals surface area contributed by atoms with E-state index in [1.165, 1.54) is 0 Å². The third kappa shape index (κ3) is 1.18. The van der Waals surface area contributed by atoms with Crippen molar-refractivity contribution in [3.05, 3.63) is 0 Å². The Balaban J connectivity index is 2.20. The molecule has 1 nitrogen and oxygen atoms in total. The number of epoxide rings is 1. The predicted octanol–water partition coefficient (Wildman–Crippen LogP) is 1.48. The lowest BCUT2D eigenvalue weighted by molar-refractivity contribution is 0.265. The number of ether oxygens (including phenoxy) is 1. The topological polar surface area (TPSA) is 12.5 Å². The van der Waals surface area contributed by atoms with Crippen molar-refractivity contribution in [2.24, 2.45) is 0 Å². The quantitative estimate of drug-likeness (QED) is 0.402. The largest absolute Gasteiger partial charge is 0.334 e. The third-order valence-electron chi connectivity index (χ3n) is 0.717. The molecule has 2 atom stereocenters. The number of halogens is 3. The number of hydrogen-bond donors (Lipinski definition) is 0. The normalized spacial score (nSPS) is 39.4. The van der Waals surface area contributed by atoms with Gasteiger partial charge in [-0.05, 0) is 0 Å². The minimum Gasteiger partial charge on any atom is -0.334 e. The molecule has 0 radical (unpaired) electrons. The molecule has 1 rings (SSSR count). The van der Waals surface area contributed by atoms with E-state index in [1.807, 2.05) is 0 Å². The maximum Gasteiger partial charge on any atom is 0.228 e. The second kappa shape index (κ2) is 1.77. The molecule has 0 bridgehead atoms. The van der Waals surface area contributed by atoms with Crippen LogP contribution in [0.4, 0.5) is 4.39 Å². The van der Waals surface area contributed by atoms with E-state index in [4.69, 9.17) is 23.2 Å². The van der Waals surface area contributed by atoms with E-state index >= 15 is 0 Å². The molecule has 0 aromatic rings. The van der Waals surface area contributed by atoms with Gasteiger partial charge in [-0.15, -0.1) is 23.2 Å². The standard InChI is InChI=1S/C3H3Cl2FO/c4-2(5)1-3(6)7-1/h1-3H. The molecule has 1 aliphatic heterocycles. The molecule has 0 N–H and O–H groups in total. The van der Waals surface area contributed by atoms with Crippen LogP contribution in [0.5, 0.6) is 0 Å². The van der Waals surface area contributed by atoms with Gasteiger partial charge in [0.05, 0.1) is 0 Å². The lowest BCUT2D eigenvalue weighted by Crippen LogP contribution is -1.98. The van der Waals surface area contributed by atoms with E-state index in [1.54, 1.807) is 0 Å². The van der Waals surface area contributed by atoms with E-state index in [0.717, 1.165) is 0 Å². The molecule has 2 unspecified atom stereocenters. The Bertz CT molecular complexity index is 77.3. The molecular formula is C3H3Cl2FO. The van der Waals surface area contributed by atoms with Crippen LogP contribution in [0.3, 0.4) is 0 Å². The van der Waals surface area contributed by atoms with Crippen molar-refractivity contribution >= 4 is 23.2 Å². The van der Waals surface area contributed by atoms with Crippen LogP contribution in [0.25, 0.3) is 0 Å². The smallest absolute Gasteiger partial charge is 0.228 e. The van der Waals surface area contributed by atoms with Gasteiger partial charge >= 0.3 is 0 Å². The highest BCUT2D eigenvalue weighted by atomic mass is 35.5. The minimum atomic E-state index is -1.22. The molecule has 0 saturated carbocycles. The third-order valence-corrected chi connectivity index (χ3v) is 1.21. The van der Waals surface area contributed by atoms with Crippen molar-refractivity contribution in [1.29, 1.82) is 0 Å². The van der Waals surface area contributed by atoms with Gasteiger partial charge in [-0.2, -0.15) is 0 Å². The summed E-state index contributed by atoms with van der Waals surface area (Å²) in [6.07, 6.45) is -1.79. The molecule has 0 amide bonds. The Hall–Kier alpha value is 0.470. The lowest BCUT2D eigenvalue weighted by atomic mass is 10.5. The van der Waals surface area contributed by atoms with Crippen molar-refractivity contribution in [2.45, 2.75) is 17.3 Å². The number of alkyl halides is 3. The summed E-state index contributed by atoms with van der Waals surface area (Å²) in [5.74, 6) is 0. The highest BCUT2D eigenvalue weighted by Crippen LogP contribution is 2.31. The van der Waals surface area contributed by atoms with Gasteiger partial charge in [0, 0.05) is 0 Å². The Morgan fingerprint density at radius 3 is 2.00 bits per heavy atom. The minimum absolute atomic E-state index is 0.566. The highest BCUT2D eigenvalue weighted by molar-refractivity contribution is 6.44. The summed E-state index contributed by atoms with van der Waals surface area (Å²) < 4.78 is 15.9. The van der Waals surface area contributed by atoms with Crippen LogP contribution in [0.2, 0.25) is 0 Å². The van der Waals surface area contributed by atoms with E-state index < -0.39 is 17.3 Å². The Morgan fingerprint density at radius 2 is 2.00 bits per heavy atom. The zero-order valence-electron chi connectivity index (χ0n) is 3.27. The molecule has 0 aromatic carbocycles. The van der Waals surface area contributed by atoms with Gasteiger partial charge < -0.3 is 4.74 Å². The summed E-state index contributed by atoms with van der Waals surface area (Å²) >= 11 is 10.3. The lowest BCUT2D eigenvalue weighted by Gasteiger charge is -1.85. The van der Waals surface area contributed by atoms with Crippen LogP contribution < -0.4 is 0 Å². The van der Waals surface area contributed by atoms with Crippen molar-refractivity contribution in [3.8, 4) is 0 Å². The van der Waals surface area contributed by atoms with E-state index in [9.17, 15) is 4.39 Å². The second-order valence-corrected chi connectivity index (χ2v) is 2.45. The van der Waals surface area contributed by atoms with E-state index in [0.29, 0.717) is 0 Å². The average molecular weight is 145 g/mol. The molecule has 0 spiro atoms. The van der Waals surface area contributed by atoms with Crippen LogP contribution >= 0.6 is 23.2 Å². The van der Waals surface area contributed by atoms with Crippen molar-refractivity contribution in [3.63, 3.8) is 0 Å². The first-order valence-corrected chi connectivity index (χ1v) is 2.67. The fourth-order valence-electron chi connectivity index (χ4n) is 0.279. The monoisotopic (exact) mass is 144 g/mol. The van der Waals surface area contributed by atoms with Gasteiger partial charge in [0.25, 0.3) is 0 Å². The molecule has 42 valence electrons. The SMILES string of the molecule is FC1OC1C(Cl)Cl. The van der Waals surface area contributed by atoms with Gasteiger partial charge in [0.1, 0.15) is 10.9 Å². The van der Waals surface area contributed by atoms with Crippen LogP contribution in [-0.4, -0.2) is 17.3 Å². The van der Waals surface area contributed by atoms with Crippen LogP contribution in [0.1, 0.15) is 0 Å². The summed E-state index contributed by atoms with van der Waals surface area (Å²) in [6.45, 7) is 0. The van der Waals surface area contributed by atoms with Crippen LogP contribution in [0, 0.1) is 0 Å². The van der Waals surface area contributed by atoms with Gasteiger partial charge in [0.15, 0.2) is 0 Å². The Labute approximate surface area is 50.3 Å². The summed E-state index contributed by atoms with van der Waals surface area (Å²) in [6, 6.07) is 0. The molecule has 7 heavy (non-hydrogen) atoms. The van der Waals surface area contributed by atoms with Gasteiger partial charge in [-0.3, -0.25) is 0 Å². The van der Waals surface area contributed by atoms with Crippen LogP contribution in [-0.2, 0) is 4.74 Å². The number of rotatable bonds is 1. The molecule has 0 aromatic heterocycles. The maximum atomic E-state index is 11.6. The van der Waals surface area contributed by atoms with Crippen LogP contribution in [0.15, 0.2) is 0 Å². The molecule has 1 saturated heterocycles. The van der Waals surface area contributed by atoms with Crippen molar-refractivity contribution in [1.82, 2.24) is 0 Å². The Morgan fingerprint density at radius 1 is 1.57 bits per heavy atom. The summed E-state index contributed by atoms with van der Waals surface area (Å²) in [5, 5.41) is 0. The highest BCUT2D eigenvalue weighted by Gasteiger charge is 2.44. The molecule has 0 aliphatic carbocycles. The zero-order valence-corrected chi connectivity index (χ0v) is 4.79. The molecule has 1 fully saturated rings. The average Bonchev–Trinajstić information content (AvgIpc) is 2.17. The van der Waals surface area contributed by atoms with E-state index in [-0.39, 0.29) is 0 Å². The predicted molar refractivity (Wildman–Crippen MR) is 25.3 cm³/mol. The fraction of sp³-hybridized carbons (Fsp3) is 1.00. The summed E-state index contributed by atoms with van der Waals surface area (Å²) in [5.41, 5.74) is 0. The van der Waals surface area contributed by atoms with Gasteiger partial charge in [-0.1, -0.05) is 0 Å². The summed E-state index contributed by atoms with van der Waals surface area (Å²) in [7, 11) is 0. The molecule has 1 heterocycles. The van der Waals surface area contributed by atoms with Gasteiger partial charge in [-0.25, -0.2) is 4.39 Å². The number of hydrogen-bond acceptors (Lipinski definition) is 1.